The SMILES string of the molecule is CC(NCC1CCCN(c2ncccn2)C1)c1cccc(C#N)c1. The van der Waals surface area contributed by atoms with Crippen molar-refractivity contribution in [1.82, 2.24) is 15.3 Å². The van der Waals surface area contributed by atoms with Crippen LogP contribution in [0.3, 0.4) is 0 Å². The molecule has 124 valence electrons. The lowest BCUT2D eigenvalue weighted by atomic mass is 9.97. The van der Waals surface area contributed by atoms with Crippen LogP contribution in [0, 0.1) is 17.2 Å². The van der Waals surface area contributed by atoms with Crippen LogP contribution in [0.2, 0.25) is 0 Å². The molecule has 1 fully saturated rings. The Labute approximate surface area is 143 Å². The van der Waals surface area contributed by atoms with E-state index in [1.54, 1.807) is 12.4 Å². The normalized spacial score (nSPS) is 18.8. The molecule has 5 heteroatoms. The van der Waals surface area contributed by atoms with E-state index < -0.39 is 0 Å². The van der Waals surface area contributed by atoms with Gasteiger partial charge in [0.25, 0.3) is 0 Å². The third-order valence-electron chi connectivity index (χ3n) is 4.58. The topological polar surface area (TPSA) is 64.8 Å². The van der Waals surface area contributed by atoms with E-state index in [9.17, 15) is 0 Å². The van der Waals surface area contributed by atoms with E-state index in [-0.39, 0.29) is 6.04 Å². The molecule has 0 amide bonds. The van der Waals surface area contributed by atoms with Crippen molar-refractivity contribution in [2.24, 2.45) is 5.92 Å². The van der Waals surface area contributed by atoms with Crippen molar-refractivity contribution in [2.75, 3.05) is 24.5 Å². The molecule has 1 aliphatic rings. The van der Waals surface area contributed by atoms with Gasteiger partial charge in [0.1, 0.15) is 0 Å². The number of nitrogens with zero attached hydrogens (tertiary/aromatic N) is 4. The standard InChI is InChI=1S/C19H23N5/c1-15(18-7-2-5-16(11-18)12-20)23-13-17-6-3-10-24(14-17)19-21-8-4-9-22-19/h2,4-5,7-9,11,15,17,23H,3,6,10,13-14H2,1H3. The van der Waals surface area contributed by atoms with Gasteiger partial charge in [-0.05, 0) is 49.4 Å². The summed E-state index contributed by atoms with van der Waals surface area (Å²) in [7, 11) is 0. The van der Waals surface area contributed by atoms with Crippen LogP contribution in [-0.4, -0.2) is 29.6 Å². The molecule has 0 spiro atoms. The first-order valence-corrected chi connectivity index (χ1v) is 8.51. The van der Waals surface area contributed by atoms with Crippen molar-refractivity contribution >= 4 is 5.95 Å². The summed E-state index contributed by atoms with van der Waals surface area (Å²) >= 11 is 0. The Balaban J connectivity index is 1.55. The van der Waals surface area contributed by atoms with Crippen molar-refractivity contribution in [3.05, 3.63) is 53.9 Å². The molecular formula is C19H23N5. The Morgan fingerprint density at radius 3 is 2.96 bits per heavy atom. The zero-order valence-electron chi connectivity index (χ0n) is 14.0. The van der Waals surface area contributed by atoms with E-state index in [4.69, 9.17) is 5.26 Å². The molecular weight excluding hydrogens is 298 g/mol. The number of hydrogen-bond acceptors (Lipinski definition) is 5. The molecule has 0 aliphatic carbocycles. The molecule has 2 unspecified atom stereocenters. The molecule has 1 N–H and O–H groups in total. The van der Waals surface area contributed by atoms with Gasteiger partial charge in [0.05, 0.1) is 11.6 Å². The lowest BCUT2D eigenvalue weighted by molar-refractivity contribution is 0.373. The summed E-state index contributed by atoms with van der Waals surface area (Å²) in [5, 5.41) is 12.6. The third kappa shape index (κ3) is 4.09. The van der Waals surface area contributed by atoms with E-state index in [1.807, 2.05) is 24.3 Å². The second kappa shape index (κ2) is 7.89. The lowest BCUT2D eigenvalue weighted by Gasteiger charge is -2.33. The minimum Gasteiger partial charge on any atom is -0.341 e. The van der Waals surface area contributed by atoms with Crippen LogP contribution in [0.15, 0.2) is 42.7 Å². The van der Waals surface area contributed by atoms with Crippen LogP contribution >= 0.6 is 0 Å². The van der Waals surface area contributed by atoms with E-state index in [0.717, 1.165) is 31.1 Å². The zero-order chi connectivity index (χ0) is 16.8. The van der Waals surface area contributed by atoms with Crippen molar-refractivity contribution in [1.29, 1.82) is 5.26 Å². The maximum atomic E-state index is 9.03. The number of nitrogens with one attached hydrogen (secondary N) is 1. The molecule has 0 radical (unpaired) electrons. The number of anilines is 1. The Morgan fingerprint density at radius 1 is 1.33 bits per heavy atom. The van der Waals surface area contributed by atoms with Gasteiger partial charge in [-0.1, -0.05) is 12.1 Å². The monoisotopic (exact) mass is 321 g/mol. The Kier molecular flexibility index (Phi) is 5.39. The third-order valence-corrected chi connectivity index (χ3v) is 4.58. The Bertz CT molecular complexity index is 694. The predicted octanol–water partition coefficient (Wildman–Crippen LogP) is 2.92. The highest BCUT2D eigenvalue weighted by molar-refractivity contribution is 5.34. The van der Waals surface area contributed by atoms with Gasteiger partial charge in [-0.2, -0.15) is 5.26 Å². The largest absolute Gasteiger partial charge is 0.341 e. The fourth-order valence-electron chi connectivity index (χ4n) is 3.21. The molecule has 0 saturated carbocycles. The zero-order valence-corrected chi connectivity index (χ0v) is 14.0. The van der Waals surface area contributed by atoms with Crippen molar-refractivity contribution in [3.8, 4) is 6.07 Å². The van der Waals surface area contributed by atoms with Gasteiger partial charge in [-0.3, -0.25) is 0 Å². The number of rotatable bonds is 5. The maximum Gasteiger partial charge on any atom is 0.225 e. The van der Waals surface area contributed by atoms with Crippen LogP contribution in [0.1, 0.15) is 36.9 Å². The first-order valence-electron chi connectivity index (χ1n) is 8.51. The second-order valence-corrected chi connectivity index (χ2v) is 6.37. The average Bonchev–Trinajstić information content (AvgIpc) is 2.67. The minimum absolute atomic E-state index is 0.238. The van der Waals surface area contributed by atoms with Gasteiger partial charge < -0.3 is 10.2 Å². The van der Waals surface area contributed by atoms with Crippen LogP contribution < -0.4 is 10.2 Å². The van der Waals surface area contributed by atoms with E-state index in [1.165, 1.54) is 12.8 Å². The highest BCUT2D eigenvalue weighted by atomic mass is 15.3. The number of hydrogen-bond donors (Lipinski definition) is 1. The average molecular weight is 321 g/mol. The molecule has 2 atom stereocenters. The van der Waals surface area contributed by atoms with Crippen molar-refractivity contribution < 1.29 is 0 Å². The fourth-order valence-corrected chi connectivity index (χ4v) is 3.21. The number of piperidine rings is 1. The molecule has 2 aromatic rings. The summed E-state index contributed by atoms with van der Waals surface area (Å²) in [6.07, 6.45) is 5.99. The highest BCUT2D eigenvalue weighted by Gasteiger charge is 2.22. The van der Waals surface area contributed by atoms with Crippen LogP contribution in [0.4, 0.5) is 5.95 Å². The number of benzene rings is 1. The van der Waals surface area contributed by atoms with Crippen molar-refractivity contribution in [2.45, 2.75) is 25.8 Å². The molecule has 3 rings (SSSR count). The first-order chi connectivity index (χ1) is 11.8. The lowest BCUT2D eigenvalue weighted by Crippen LogP contribution is -2.40. The summed E-state index contributed by atoms with van der Waals surface area (Å²) in [5.41, 5.74) is 1.87. The number of nitriles is 1. The van der Waals surface area contributed by atoms with Gasteiger partial charge >= 0.3 is 0 Å². The van der Waals surface area contributed by atoms with Gasteiger partial charge in [-0.15, -0.1) is 0 Å². The molecule has 1 aromatic carbocycles. The smallest absolute Gasteiger partial charge is 0.225 e. The second-order valence-electron chi connectivity index (χ2n) is 6.37. The van der Waals surface area contributed by atoms with E-state index in [2.05, 4.69) is 39.2 Å². The molecule has 1 aromatic heterocycles. The first kappa shape index (κ1) is 16.4. The molecule has 24 heavy (non-hydrogen) atoms. The van der Waals surface area contributed by atoms with Crippen molar-refractivity contribution in [3.63, 3.8) is 0 Å². The fraction of sp³-hybridized carbons (Fsp3) is 0.421. The Morgan fingerprint density at radius 2 is 2.17 bits per heavy atom. The molecule has 5 nitrogen and oxygen atoms in total. The minimum atomic E-state index is 0.238. The van der Waals surface area contributed by atoms with Gasteiger partial charge in [-0.25, -0.2) is 9.97 Å². The summed E-state index contributed by atoms with van der Waals surface area (Å²) in [5.74, 6) is 1.42. The molecule has 2 heterocycles. The highest BCUT2D eigenvalue weighted by Crippen LogP contribution is 2.21. The quantitative estimate of drug-likeness (QED) is 0.917. The molecule has 1 saturated heterocycles. The summed E-state index contributed by atoms with van der Waals surface area (Å²) < 4.78 is 0. The Hall–Kier alpha value is -2.45. The molecule has 0 bridgehead atoms. The van der Waals surface area contributed by atoms with E-state index in [0.29, 0.717) is 11.5 Å². The van der Waals surface area contributed by atoms with Gasteiger partial charge in [0.15, 0.2) is 0 Å². The van der Waals surface area contributed by atoms with Gasteiger partial charge in [0.2, 0.25) is 5.95 Å². The summed E-state index contributed by atoms with van der Waals surface area (Å²) in [6.45, 7) is 5.13. The number of aromatic nitrogens is 2. The summed E-state index contributed by atoms with van der Waals surface area (Å²) in [4.78, 5) is 11.0. The molecule has 1 aliphatic heterocycles. The van der Waals surface area contributed by atoms with Crippen LogP contribution in [-0.2, 0) is 0 Å². The van der Waals surface area contributed by atoms with Crippen LogP contribution in [0.25, 0.3) is 0 Å². The van der Waals surface area contributed by atoms with E-state index >= 15 is 0 Å². The van der Waals surface area contributed by atoms with Crippen LogP contribution in [0.5, 0.6) is 0 Å². The van der Waals surface area contributed by atoms with Gasteiger partial charge in [0, 0.05) is 38.1 Å². The maximum absolute atomic E-state index is 9.03. The summed E-state index contributed by atoms with van der Waals surface area (Å²) in [6, 6.07) is 12.1. The predicted molar refractivity (Wildman–Crippen MR) is 94.5 cm³/mol.